The van der Waals surface area contributed by atoms with Gasteiger partial charge in [-0.15, -0.1) is 10.2 Å². The van der Waals surface area contributed by atoms with Gasteiger partial charge in [-0.25, -0.2) is 0 Å². The first-order valence-electron chi connectivity index (χ1n) is 11.4. The zero-order chi connectivity index (χ0) is 23.0. The molecule has 3 aromatic heterocycles. The molecule has 0 amide bonds. The molecule has 0 radical (unpaired) electrons. The van der Waals surface area contributed by atoms with Gasteiger partial charge in [-0.3, -0.25) is 9.38 Å². The number of aromatic nitrogens is 4. The number of hydrogen-bond acceptors (Lipinski definition) is 6. The van der Waals surface area contributed by atoms with Crippen molar-refractivity contribution in [3.8, 4) is 11.5 Å². The van der Waals surface area contributed by atoms with E-state index in [4.69, 9.17) is 4.74 Å². The number of hydrogen-bond donors (Lipinski definition) is 1. The fourth-order valence-electron chi connectivity index (χ4n) is 4.73. The van der Waals surface area contributed by atoms with E-state index in [2.05, 4.69) is 68.1 Å². The van der Waals surface area contributed by atoms with E-state index in [9.17, 15) is 5.11 Å². The number of benzene rings is 2. The van der Waals surface area contributed by atoms with Gasteiger partial charge in [0.2, 0.25) is 0 Å². The quantitative estimate of drug-likeness (QED) is 0.385. The smallest absolute Gasteiger partial charge is 0.187 e. The van der Waals surface area contributed by atoms with Gasteiger partial charge in [0.25, 0.3) is 0 Å². The lowest BCUT2D eigenvalue weighted by Crippen LogP contribution is -2.37. The minimum Gasteiger partial charge on any atom is -0.395 e. The molecule has 170 valence electrons. The van der Waals surface area contributed by atoms with Gasteiger partial charge in [0.15, 0.2) is 11.5 Å². The number of pyridine rings is 2. The van der Waals surface area contributed by atoms with Crippen LogP contribution < -0.4 is 0 Å². The van der Waals surface area contributed by atoms with Crippen molar-refractivity contribution in [3.05, 3.63) is 84.6 Å². The molecule has 1 aliphatic heterocycles. The van der Waals surface area contributed by atoms with E-state index in [1.165, 1.54) is 5.56 Å². The van der Waals surface area contributed by atoms with Crippen LogP contribution in [0.15, 0.2) is 88.8 Å². The van der Waals surface area contributed by atoms with Crippen LogP contribution in [0.25, 0.3) is 28.1 Å². The molecule has 5 aromatic rings. The molecule has 0 atom stereocenters. The summed E-state index contributed by atoms with van der Waals surface area (Å²) in [6.07, 6.45) is 3.47. The zero-order valence-electron chi connectivity index (χ0n) is 18.6. The van der Waals surface area contributed by atoms with Crippen molar-refractivity contribution in [2.75, 3.05) is 19.8 Å². The summed E-state index contributed by atoms with van der Waals surface area (Å²) in [5, 5.41) is 20.0. The van der Waals surface area contributed by atoms with Gasteiger partial charge in [0.05, 0.1) is 12.1 Å². The Labute approximate surface area is 201 Å². The summed E-state index contributed by atoms with van der Waals surface area (Å²) in [6, 6.07) is 24.9. The molecule has 6 nitrogen and oxygen atoms in total. The van der Waals surface area contributed by atoms with Crippen LogP contribution in [0.1, 0.15) is 18.4 Å². The Kier molecular flexibility index (Phi) is 5.53. The molecule has 1 fully saturated rings. The highest BCUT2D eigenvalue weighted by Gasteiger charge is 2.34. The molecule has 1 saturated heterocycles. The first kappa shape index (κ1) is 21.3. The number of ether oxygens (including phenoxy) is 1. The molecular formula is C27H24N4O2S. The lowest BCUT2D eigenvalue weighted by molar-refractivity contribution is 0.0252. The predicted molar refractivity (Wildman–Crippen MR) is 133 cm³/mol. The predicted octanol–water partition coefficient (Wildman–Crippen LogP) is 5.14. The van der Waals surface area contributed by atoms with Gasteiger partial charge in [-0.2, -0.15) is 0 Å². The molecule has 6 rings (SSSR count). The van der Waals surface area contributed by atoms with Crippen molar-refractivity contribution >= 4 is 28.3 Å². The lowest BCUT2D eigenvalue weighted by atomic mass is 9.75. The molecular weight excluding hydrogens is 444 g/mol. The maximum absolute atomic E-state index is 10.2. The van der Waals surface area contributed by atoms with Crippen molar-refractivity contribution in [3.63, 3.8) is 0 Å². The lowest BCUT2D eigenvalue weighted by Gasteiger charge is -2.36. The van der Waals surface area contributed by atoms with E-state index < -0.39 is 0 Å². The Morgan fingerprint density at radius 1 is 0.912 bits per heavy atom. The van der Waals surface area contributed by atoms with E-state index in [-0.39, 0.29) is 12.0 Å². The van der Waals surface area contributed by atoms with Crippen LogP contribution in [0.4, 0.5) is 0 Å². The summed E-state index contributed by atoms with van der Waals surface area (Å²) < 4.78 is 7.60. The second-order valence-electron chi connectivity index (χ2n) is 8.67. The summed E-state index contributed by atoms with van der Waals surface area (Å²) in [6.45, 7) is 1.54. The van der Waals surface area contributed by atoms with E-state index in [0.29, 0.717) is 13.2 Å². The molecule has 0 aliphatic carbocycles. The average molecular weight is 469 g/mol. The summed E-state index contributed by atoms with van der Waals surface area (Å²) in [5.41, 5.74) is 3.62. The van der Waals surface area contributed by atoms with Gasteiger partial charge in [0, 0.05) is 34.6 Å². The number of fused-ring (bicyclic) bond motifs is 3. The van der Waals surface area contributed by atoms with Gasteiger partial charge < -0.3 is 9.84 Å². The highest BCUT2D eigenvalue weighted by atomic mass is 32.2. The molecule has 0 saturated carbocycles. The summed E-state index contributed by atoms with van der Waals surface area (Å²) in [4.78, 5) is 6.77. The molecule has 0 bridgehead atoms. The third kappa shape index (κ3) is 3.76. The summed E-state index contributed by atoms with van der Waals surface area (Å²) in [7, 11) is 0. The molecule has 1 aliphatic rings. The van der Waals surface area contributed by atoms with Crippen LogP contribution >= 0.6 is 11.8 Å². The maximum Gasteiger partial charge on any atom is 0.187 e. The fraction of sp³-hybridized carbons (Fsp3) is 0.222. The highest BCUT2D eigenvalue weighted by Crippen LogP contribution is 2.38. The van der Waals surface area contributed by atoms with Crippen LogP contribution in [0.3, 0.4) is 0 Å². The molecule has 4 heterocycles. The number of rotatable bonds is 5. The summed E-state index contributed by atoms with van der Waals surface area (Å²) in [5.74, 6) is 0.736. The van der Waals surface area contributed by atoms with Crippen molar-refractivity contribution in [2.45, 2.75) is 28.0 Å². The first-order valence-corrected chi connectivity index (χ1v) is 12.2. The van der Waals surface area contributed by atoms with E-state index >= 15 is 0 Å². The van der Waals surface area contributed by atoms with E-state index in [1.807, 2.05) is 24.3 Å². The number of nitrogens with zero attached hydrogens (tertiary/aromatic N) is 4. The molecule has 7 heteroatoms. The van der Waals surface area contributed by atoms with E-state index in [0.717, 1.165) is 50.7 Å². The Balaban J connectivity index is 1.35. The fourth-order valence-corrected chi connectivity index (χ4v) is 5.65. The Bertz CT molecular complexity index is 1460. The van der Waals surface area contributed by atoms with Crippen molar-refractivity contribution in [1.82, 2.24) is 19.6 Å². The topological polar surface area (TPSA) is 72.5 Å². The minimum absolute atomic E-state index is 0.147. The second kappa shape index (κ2) is 8.83. The highest BCUT2D eigenvalue weighted by molar-refractivity contribution is 7.99. The summed E-state index contributed by atoms with van der Waals surface area (Å²) >= 11 is 1.73. The van der Waals surface area contributed by atoms with Crippen LogP contribution in [0.2, 0.25) is 0 Å². The normalized spacial score (nSPS) is 15.7. The largest absolute Gasteiger partial charge is 0.395 e. The van der Waals surface area contributed by atoms with Crippen LogP contribution in [0, 0.1) is 0 Å². The first-order chi connectivity index (χ1) is 16.8. The monoisotopic (exact) mass is 468 g/mol. The van der Waals surface area contributed by atoms with Gasteiger partial charge >= 0.3 is 0 Å². The van der Waals surface area contributed by atoms with Crippen LogP contribution in [0.5, 0.6) is 0 Å². The third-order valence-electron chi connectivity index (χ3n) is 6.67. The number of aliphatic hydroxyl groups is 1. The molecule has 1 N–H and O–H groups in total. The zero-order valence-corrected chi connectivity index (χ0v) is 19.4. The van der Waals surface area contributed by atoms with Crippen molar-refractivity contribution in [2.24, 2.45) is 0 Å². The van der Waals surface area contributed by atoms with Gasteiger partial charge in [0.1, 0.15) is 5.69 Å². The van der Waals surface area contributed by atoms with Gasteiger partial charge in [-0.05, 0) is 78.4 Å². The van der Waals surface area contributed by atoms with Gasteiger partial charge in [-0.1, -0.05) is 30.0 Å². The second-order valence-corrected chi connectivity index (χ2v) is 9.81. The van der Waals surface area contributed by atoms with Crippen LogP contribution in [-0.2, 0) is 10.2 Å². The molecule has 0 spiro atoms. The molecule has 0 unspecified atom stereocenters. The standard InChI is InChI=1S/C27H24N4O2S/c32-18-27(11-14-33-15-12-27)20-4-3-5-21(17-20)34-22-8-9-24-19(16-22)7-10-25-29-30-26(31(24)25)23-6-1-2-13-28-23/h1-10,13,16-17,32H,11-12,14-15,18H2. The maximum atomic E-state index is 10.2. The van der Waals surface area contributed by atoms with Crippen LogP contribution in [-0.4, -0.2) is 44.5 Å². The molecule has 34 heavy (non-hydrogen) atoms. The SMILES string of the molecule is OCC1(c2cccc(Sc3ccc4c(ccc5nnc(-c6ccccn6)n54)c3)c2)CCOCC1. The minimum atomic E-state index is -0.208. The Hall–Kier alpha value is -3.26. The Morgan fingerprint density at radius 2 is 1.79 bits per heavy atom. The van der Waals surface area contributed by atoms with E-state index in [1.54, 1.807) is 18.0 Å². The third-order valence-corrected chi connectivity index (χ3v) is 7.65. The average Bonchev–Trinajstić information content (AvgIpc) is 3.34. The molecule has 2 aromatic carbocycles. The van der Waals surface area contributed by atoms with Crippen molar-refractivity contribution in [1.29, 1.82) is 0 Å². The number of aliphatic hydroxyl groups excluding tert-OH is 1. The van der Waals surface area contributed by atoms with Crippen molar-refractivity contribution < 1.29 is 9.84 Å². The Morgan fingerprint density at radius 3 is 2.62 bits per heavy atom.